The van der Waals surface area contributed by atoms with Gasteiger partial charge in [-0.05, 0) is 23.8 Å². The fourth-order valence-corrected chi connectivity index (χ4v) is 1.53. The van der Waals surface area contributed by atoms with Gasteiger partial charge in [-0.3, -0.25) is 0 Å². The lowest BCUT2D eigenvalue weighted by atomic mass is 10.2. The quantitative estimate of drug-likeness (QED) is 0.833. The number of rotatable bonds is 4. The summed E-state index contributed by atoms with van der Waals surface area (Å²) in [6, 6.07) is 11.1. The van der Waals surface area contributed by atoms with Crippen molar-refractivity contribution in [3.8, 4) is 11.6 Å². The van der Waals surface area contributed by atoms with E-state index in [0.717, 1.165) is 11.3 Å². The van der Waals surface area contributed by atoms with Crippen LogP contribution in [0, 0.1) is 0 Å². The molecule has 1 aromatic carbocycles. The molecule has 0 aliphatic heterocycles. The molecule has 0 aliphatic rings. The molecular weight excluding hydrogens is 238 g/mol. The molecule has 0 saturated heterocycles. The van der Waals surface area contributed by atoms with Crippen molar-refractivity contribution in [3.05, 3.63) is 53.2 Å². The van der Waals surface area contributed by atoms with Gasteiger partial charge in [-0.1, -0.05) is 23.7 Å². The molecule has 3 nitrogen and oxygen atoms in total. The van der Waals surface area contributed by atoms with Crippen LogP contribution in [0.2, 0.25) is 5.02 Å². The van der Waals surface area contributed by atoms with Crippen LogP contribution in [0.3, 0.4) is 0 Å². The number of ether oxygens (including phenoxy) is 2. The smallest absolute Gasteiger partial charge is 0.215 e. The van der Waals surface area contributed by atoms with Crippen LogP contribution in [0.1, 0.15) is 5.56 Å². The Morgan fingerprint density at radius 3 is 2.88 bits per heavy atom. The topological polar surface area (TPSA) is 31.4 Å². The van der Waals surface area contributed by atoms with Crippen molar-refractivity contribution in [2.24, 2.45) is 0 Å². The second kappa shape index (κ2) is 5.55. The number of hydrogen-bond donors (Lipinski definition) is 0. The average molecular weight is 250 g/mol. The van der Waals surface area contributed by atoms with Crippen LogP contribution in [-0.2, 0) is 6.61 Å². The van der Waals surface area contributed by atoms with Gasteiger partial charge in [-0.25, -0.2) is 4.98 Å². The molecule has 0 aliphatic carbocycles. The minimum atomic E-state index is 0.435. The monoisotopic (exact) mass is 249 g/mol. The van der Waals surface area contributed by atoms with Crippen LogP contribution >= 0.6 is 11.6 Å². The Balaban J connectivity index is 2.02. The van der Waals surface area contributed by atoms with E-state index in [1.54, 1.807) is 25.4 Å². The Hall–Kier alpha value is -1.74. The van der Waals surface area contributed by atoms with Crippen LogP contribution in [0.25, 0.3) is 0 Å². The number of hydrogen-bond acceptors (Lipinski definition) is 3. The van der Waals surface area contributed by atoms with Gasteiger partial charge in [-0.15, -0.1) is 0 Å². The third-order valence-corrected chi connectivity index (χ3v) is 2.45. The number of benzene rings is 1. The number of halogens is 1. The first-order chi connectivity index (χ1) is 8.28. The summed E-state index contributed by atoms with van der Waals surface area (Å²) in [6.07, 6.45) is 1.61. The maximum atomic E-state index is 5.83. The van der Waals surface area contributed by atoms with Crippen LogP contribution in [0.4, 0.5) is 0 Å². The normalized spacial score (nSPS) is 10.0. The zero-order chi connectivity index (χ0) is 12.1. The summed E-state index contributed by atoms with van der Waals surface area (Å²) >= 11 is 5.83. The molecule has 1 heterocycles. The lowest BCUT2D eigenvalue weighted by molar-refractivity contribution is 0.293. The van der Waals surface area contributed by atoms with E-state index in [0.29, 0.717) is 17.5 Å². The molecular formula is C13H12ClNO2. The molecule has 0 fully saturated rings. The van der Waals surface area contributed by atoms with Crippen molar-refractivity contribution < 1.29 is 9.47 Å². The highest BCUT2D eigenvalue weighted by Crippen LogP contribution is 2.17. The third-order valence-electron chi connectivity index (χ3n) is 2.22. The molecule has 17 heavy (non-hydrogen) atoms. The SMILES string of the molecule is COc1cccc(COc2cc(Cl)ccn2)c1. The molecule has 2 rings (SSSR count). The van der Waals surface area contributed by atoms with Gasteiger partial charge in [0.1, 0.15) is 12.4 Å². The summed E-state index contributed by atoms with van der Waals surface area (Å²) < 4.78 is 10.7. The minimum Gasteiger partial charge on any atom is -0.497 e. The van der Waals surface area contributed by atoms with E-state index in [9.17, 15) is 0 Å². The van der Waals surface area contributed by atoms with E-state index < -0.39 is 0 Å². The summed E-state index contributed by atoms with van der Waals surface area (Å²) in [5, 5.41) is 0.612. The van der Waals surface area contributed by atoms with Gasteiger partial charge < -0.3 is 9.47 Å². The van der Waals surface area contributed by atoms with Crippen molar-refractivity contribution in [2.45, 2.75) is 6.61 Å². The summed E-state index contributed by atoms with van der Waals surface area (Å²) in [5.74, 6) is 1.32. The number of nitrogens with zero attached hydrogens (tertiary/aromatic N) is 1. The van der Waals surface area contributed by atoms with Crippen molar-refractivity contribution in [2.75, 3.05) is 7.11 Å². The molecule has 0 unspecified atom stereocenters. The van der Waals surface area contributed by atoms with Crippen molar-refractivity contribution in [1.29, 1.82) is 0 Å². The second-order valence-electron chi connectivity index (χ2n) is 3.45. The molecule has 0 bridgehead atoms. The number of aromatic nitrogens is 1. The van der Waals surface area contributed by atoms with Crippen LogP contribution in [-0.4, -0.2) is 12.1 Å². The van der Waals surface area contributed by atoms with Gasteiger partial charge in [0, 0.05) is 17.3 Å². The van der Waals surface area contributed by atoms with Crippen molar-refractivity contribution >= 4 is 11.6 Å². The summed E-state index contributed by atoms with van der Waals surface area (Å²) in [7, 11) is 1.64. The Kier molecular flexibility index (Phi) is 3.83. The zero-order valence-electron chi connectivity index (χ0n) is 9.39. The molecule has 0 radical (unpaired) electrons. The Bertz CT molecular complexity index is 502. The molecule has 88 valence electrons. The van der Waals surface area contributed by atoms with Gasteiger partial charge in [0.05, 0.1) is 7.11 Å². The maximum absolute atomic E-state index is 5.83. The Morgan fingerprint density at radius 1 is 1.24 bits per heavy atom. The highest BCUT2D eigenvalue weighted by molar-refractivity contribution is 6.30. The molecule has 0 saturated carbocycles. The van der Waals surface area contributed by atoms with Gasteiger partial charge in [-0.2, -0.15) is 0 Å². The summed E-state index contributed by atoms with van der Waals surface area (Å²) in [5.41, 5.74) is 1.02. The molecule has 0 spiro atoms. The Morgan fingerprint density at radius 2 is 2.12 bits per heavy atom. The lowest BCUT2D eigenvalue weighted by Crippen LogP contribution is -1.97. The second-order valence-corrected chi connectivity index (χ2v) is 3.89. The first-order valence-electron chi connectivity index (χ1n) is 5.15. The molecule has 0 atom stereocenters. The van der Waals surface area contributed by atoms with Crippen molar-refractivity contribution in [1.82, 2.24) is 4.98 Å². The molecule has 4 heteroatoms. The predicted molar refractivity (Wildman–Crippen MR) is 66.6 cm³/mol. The van der Waals surface area contributed by atoms with Gasteiger partial charge >= 0.3 is 0 Å². The zero-order valence-corrected chi connectivity index (χ0v) is 10.1. The minimum absolute atomic E-state index is 0.435. The van der Waals surface area contributed by atoms with E-state index in [-0.39, 0.29) is 0 Å². The largest absolute Gasteiger partial charge is 0.497 e. The highest BCUT2D eigenvalue weighted by atomic mass is 35.5. The number of methoxy groups -OCH3 is 1. The molecule has 2 aromatic rings. The van der Waals surface area contributed by atoms with Crippen LogP contribution in [0.5, 0.6) is 11.6 Å². The van der Waals surface area contributed by atoms with Gasteiger partial charge in [0.25, 0.3) is 0 Å². The van der Waals surface area contributed by atoms with Gasteiger partial charge in [0.2, 0.25) is 5.88 Å². The fourth-order valence-electron chi connectivity index (χ4n) is 1.38. The average Bonchev–Trinajstić information content (AvgIpc) is 2.37. The first-order valence-corrected chi connectivity index (χ1v) is 5.53. The van der Waals surface area contributed by atoms with E-state index in [1.165, 1.54) is 0 Å². The van der Waals surface area contributed by atoms with Gasteiger partial charge in [0.15, 0.2) is 0 Å². The van der Waals surface area contributed by atoms with E-state index in [2.05, 4.69) is 4.98 Å². The Labute approximate surface area is 105 Å². The van der Waals surface area contributed by atoms with Crippen LogP contribution < -0.4 is 9.47 Å². The van der Waals surface area contributed by atoms with E-state index in [1.807, 2.05) is 24.3 Å². The maximum Gasteiger partial charge on any atom is 0.215 e. The predicted octanol–water partition coefficient (Wildman–Crippen LogP) is 3.32. The number of pyridine rings is 1. The van der Waals surface area contributed by atoms with Crippen molar-refractivity contribution in [3.63, 3.8) is 0 Å². The van der Waals surface area contributed by atoms with E-state index >= 15 is 0 Å². The van der Waals surface area contributed by atoms with Crippen LogP contribution in [0.15, 0.2) is 42.6 Å². The first kappa shape index (κ1) is 11.7. The molecule has 0 N–H and O–H groups in total. The summed E-state index contributed by atoms with van der Waals surface area (Å²) in [6.45, 7) is 0.435. The highest BCUT2D eigenvalue weighted by Gasteiger charge is 1.99. The van der Waals surface area contributed by atoms with E-state index in [4.69, 9.17) is 21.1 Å². The fraction of sp³-hybridized carbons (Fsp3) is 0.154. The lowest BCUT2D eigenvalue weighted by Gasteiger charge is -2.06. The molecule has 1 aromatic heterocycles. The molecule has 0 amide bonds. The summed E-state index contributed by atoms with van der Waals surface area (Å²) in [4.78, 5) is 4.06. The standard InChI is InChI=1S/C13H12ClNO2/c1-16-12-4-2-3-10(7-12)9-17-13-8-11(14)5-6-15-13/h2-8H,9H2,1H3. The third kappa shape index (κ3) is 3.36.